The van der Waals surface area contributed by atoms with Gasteiger partial charge in [0.05, 0.1) is 5.69 Å². The highest BCUT2D eigenvalue weighted by atomic mass is 79.9. The zero-order chi connectivity index (χ0) is 13.0. The van der Waals surface area contributed by atoms with E-state index in [1.807, 2.05) is 30.0 Å². The van der Waals surface area contributed by atoms with Gasteiger partial charge in [-0.3, -0.25) is 4.79 Å². The lowest BCUT2D eigenvalue weighted by atomic mass is 10.1. The summed E-state index contributed by atoms with van der Waals surface area (Å²) in [5.74, 6) is 1.18. The van der Waals surface area contributed by atoms with Crippen LogP contribution in [0.3, 0.4) is 0 Å². The van der Waals surface area contributed by atoms with E-state index in [4.69, 9.17) is 0 Å². The highest BCUT2D eigenvalue weighted by Gasteiger charge is 2.13. The molecule has 1 atom stereocenters. The van der Waals surface area contributed by atoms with E-state index in [1.54, 1.807) is 6.92 Å². The topological polar surface area (TPSA) is 20.3 Å². The first-order valence-corrected chi connectivity index (χ1v) is 7.68. The number of anilines is 1. The van der Waals surface area contributed by atoms with Crippen molar-refractivity contribution in [3.05, 3.63) is 28.2 Å². The van der Waals surface area contributed by atoms with Crippen LogP contribution in [0.4, 0.5) is 5.69 Å². The van der Waals surface area contributed by atoms with E-state index < -0.39 is 0 Å². The Labute approximate surface area is 116 Å². The summed E-state index contributed by atoms with van der Waals surface area (Å²) in [5, 5.41) is 0. The van der Waals surface area contributed by atoms with Crippen molar-refractivity contribution in [3.63, 3.8) is 0 Å². The minimum absolute atomic E-state index is 0.0945. The SMILES string of the molecule is CSCC(C)N(C)c1ccc(C(C)=O)cc1Br. The van der Waals surface area contributed by atoms with E-state index in [2.05, 4.69) is 41.1 Å². The van der Waals surface area contributed by atoms with E-state index >= 15 is 0 Å². The molecule has 0 aliphatic carbocycles. The third kappa shape index (κ3) is 3.75. The summed E-state index contributed by atoms with van der Waals surface area (Å²) in [4.78, 5) is 13.5. The first kappa shape index (κ1) is 14.6. The van der Waals surface area contributed by atoms with Gasteiger partial charge in [-0.2, -0.15) is 11.8 Å². The summed E-state index contributed by atoms with van der Waals surface area (Å²) in [7, 11) is 2.08. The van der Waals surface area contributed by atoms with Crippen LogP contribution in [0.15, 0.2) is 22.7 Å². The van der Waals surface area contributed by atoms with E-state index in [0.717, 1.165) is 21.5 Å². The zero-order valence-electron chi connectivity index (χ0n) is 10.7. The van der Waals surface area contributed by atoms with Crippen molar-refractivity contribution in [1.82, 2.24) is 0 Å². The van der Waals surface area contributed by atoms with Gasteiger partial charge < -0.3 is 4.90 Å². The maximum absolute atomic E-state index is 11.3. The average molecular weight is 316 g/mol. The van der Waals surface area contributed by atoms with Gasteiger partial charge in [-0.15, -0.1) is 0 Å². The van der Waals surface area contributed by atoms with Gasteiger partial charge in [0.25, 0.3) is 0 Å². The number of benzene rings is 1. The fraction of sp³-hybridized carbons (Fsp3) is 0.462. The number of hydrogen-bond donors (Lipinski definition) is 0. The summed E-state index contributed by atoms with van der Waals surface area (Å²) in [6, 6.07) is 6.23. The highest BCUT2D eigenvalue weighted by Crippen LogP contribution is 2.28. The van der Waals surface area contributed by atoms with E-state index in [0.29, 0.717) is 6.04 Å². The van der Waals surface area contributed by atoms with Crippen LogP contribution < -0.4 is 4.90 Å². The molecule has 4 heteroatoms. The molecular formula is C13H18BrNOS. The van der Waals surface area contributed by atoms with Crippen LogP contribution in [-0.4, -0.2) is 30.9 Å². The zero-order valence-corrected chi connectivity index (χ0v) is 13.1. The number of halogens is 1. The number of carbonyl (C=O) groups excluding carboxylic acids is 1. The van der Waals surface area contributed by atoms with Crippen molar-refractivity contribution in [2.24, 2.45) is 0 Å². The molecule has 0 saturated heterocycles. The Morgan fingerprint density at radius 2 is 2.18 bits per heavy atom. The molecule has 0 bridgehead atoms. The average Bonchev–Trinajstić information content (AvgIpc) is 2.28. The van der Waals surface area contributed by atoms with Crippen LogP contribution in [0, 0.1) is 0 Å². The highest BCUT2D eigenvalue weighted by molar-refractivity contribution is 9.10. The molecule has 1 aromatic rings. The number of ketones is 1. The second-order valence-corrected chi connectivity index (χ2v) is 5.90. The molecule has 0 heterocycles. The fourth-order valence-corrected chi connectivity index (χ4v) is 2.97. The molecular weight excluding hydrogens is 298 g/mol. The monoisotopic (exact) mass is 315 g/mol. The molecule has 1 unspecified atom stereocenters. The van der Waals surface area contributed by atoms with Gasteiger partial charge in [0.1, 0.15) is 0 Å². The van der Waals surface area contributed by atoms with Gasteiger partial charge in [-0.25, -0.2) is 0 Å². The molecule has 0 aliphatic heterocycles. The summed E-state index contributed by atoms with van der Waals surface area (Å²) in [6.45, 7) is 3.78. The first-order chi connectivity index (χ1) is 7.97. The molecule has 1 aromatic carbocycles. The van der Waals surface area contributed by atoms with Gasteiger partial charge in [-0.1, -0.05) is 0 Å². The molecule has 94 valence electrons. The van der Waals surface area contributed by atoms with E-state index in [1.165, 1.54) is 0 Å². The maximum Gasteiger partial charge on any atom is 0.159 e. The molecule has 0 radical (unpaired) electrons. The van der Waals surface area contributed by atoms with Crippen LogP contribution in [0.2, 0.25) is 0 Å². The number of rotatable bonds is 5. The largest absolute Gasteiger partial charge is 0.370 e. The Hall–Kier alpha value is -0.480. The molecule has 0 aromatic heterocycles. The Bertz CT molecular complexity index is 408. The first-order valence-electron chi connectivity index (χ1n) is 5.49. The van der Waals surface area contributed by atoms with E-state index in [-0.39, 0.29) is 5.78 Å². The molecule has 0 saturated carbocycles. The lowest BCUT2D eigenvalue weighted by molar-refractivity contribution is 0.101. The number of carbonyl (C=O) groups is 1. The predicted molar refractivity (Wildman–Crippen MR) is 80.4 cm³/mol. The van der Waals surface area contributed by atoms with Crippen molar-refractivity contribution in [3.8, 4) is 0 Å². The van der Waals surface area contributed by atoms with Crippen molar-refractivity contribution >= 4 is 39.2 Å². The van der Waals surface area contributed by atoms with Crippen LogP contribution in [0.25, 0.3) is 0 Å². The molecule has 0 aliphatic rings. The summed E-state index contributed by atoms with van der Waals surface area (Å²) < 4.78 is 0.973. The number of thioether (sulfide) groups is 1. The summed E-state index contributed by atoms with van der Waals surface area (Å²) in [6.07, 6.45) is 2.11. The van der Waals surface area contributed by atoms with Gasteiger partial charge in [0, 0.05) is 28.9 Å². The Morgan fingerprint density at radius 1 is 1.53 bits per heavy atom. The number of nitrogens with zero attached hydrogens (tertiary/aromatic N) is 1. The van der Waals surface area contributed by atoms with Gasteiger partial charge >= 0.3 is 0 Å². The van der Waals surface area contributed by atoms with Crippen LogP contribution in [-0.2, 0) is 0 Å². The Balaban J connectivity index is 2.95. The number of Topliss-reactive ketones (excluding diaryl/α,β-unsaturated/α-hetero) is 1. The second kappa shape index (κ2) is 6.45. The van der Waals surface area contributed by atoms with Crippen LogP contribution in [0.1, 0.15) is 24.2 Å². The van der Waals surface area contributed by atoms with Gasteiger partial charge in [0.15, 0.2) is 5.78 Å². The van der Waals surface area contributed by atoms with Gasteiger partial charge in [-0.05, 0) is 54.2 Å². The van der Waals surface area contributed by atoms with Crippen molar-refractivity contribution in [1.29, 1.82) is 0 Å². The molecule has 0 N–H and O–H groups in total. The molecule has 17 heavy (non-hydrogen) atoms. The van der Waals surface area contributed by atoms with Crippen molar-refractivity contribution < 1.29 is 4.79 Å². The minimum Gasteiger partial charge on any atom is -0.370 e. The molecule has 0 amide bonds. The van der Waals surface area contributed by atoms with E-state index in [9.17, 15) is 4.79 Å². The molecule has 2 nitrogen and oxygen atoms in total. The smallest absolute Gasteiger partial charge is 0.159 e. The normalized spacial score (nSPS) is 12.3. The second-order valence-electron chi connectivity index (χ2n) is 4.14. The number of hydrogen-bond acceptors (Lipinski definition) is 3. The minimum atomic E-state index is 0.0945. The fourth-order valence-electron chi connectivity index (χ4n) is 1.60. The standard InChI is InChI=1S/C13H18BrNOS/c1-9(8-17-4)15(3)13-6-5-11(10(2)16)7-12(13)14/h5-7,9H,8H2,1-4H3. The van der Waals surface area contributed by atoms with Crippen molar-refractivity contribution in [2.75, 3.05) is 24.0 Å². The van der Waals surface area contributed by atoms with Crippen molar-refractivity contribution in [2.45, 2.75) is 19.9 Å². The third-order valence-electron chi connectivity index (χ3n) is 2.80. The quantitative estimate of drug-likeness (QED) is 0.770. The Morgan fingerprint density at radius 3 is 2.65 bits per heavy atom. The summed E-state index contributed by atoms with van der Waals surface area (Å²) in [5.41, 5.74) is 1.86. The Kier molecular flexibility index (Phi) is 5.53. The van der Waals surface area contributed by atoms with Crippen LogP contribution >= 0.6 is 27.7 Å². The lowest BCUT2D eigenvalue weighted by Crippen LogP contribution is -2.31. The molecule has 0 fully saturated rings. The third-order valence-corrected chi connectivity index (χ3v) is 4.25. The lowest BCUT2D eigenvalue weighted by Gasteiger charge is -2.27. The van der Waals surface area contributed by atoms with Gasteiger partial charge in [0.2, 0.25) is 0 Å². The molecule has 1 rings (SSSR count). The maximum atomic E-state index is 11.3. The van der Waals surface area contributed by atoms with Crippen LogP contribution in [0.5, 0.6) is 0 Å². The predicted octanol–water partition coefficient (Wildman–Crippen LogP) is 3.84. The summed E-state index contributed by atoms with van der Waals surface area (Å²) >= 11 is 5.37. The molecule has 0 spiro atoms.